The summed E-state index contributed by atoms with van der Waals surface area (Å²) in [6.07, 6.45) is -2.00. The minimum absolute atomic E-state index is 0.00590. The molecule has 0 saturated heterocycles. The van der Waals surface area contributed by atoms with Gasteiger partial charge >= 0.3 is 17.9 Å². The fourth-order valence-corrected chi connectivity index (χ4v) is 3.16. The lowest BCUT2D eigenvalue weighted by molar-refractivity contribution is -0.152. The Morgan fingerprint density at radius 3 is 2.03 bits per heavy atom. The number of carbonyl (C=O) groups is 4. The number of rotatable bonds is 7. The van der Waals surface area contributed by atoms with E-state index in [4.69, 9.17) is 15.3 Å². The first-order chi connectivity index (χ1) is 14.6. The molecule has 4 N–H and O–H groups in total. The normalized spacial score (nSPS) is 14.1. The fourth-order valence-electron chi connectivity index (χ4n) is 3.16. The number of carboxylic acid groups (broad SMARTS) is 3. The minimum Gasteiger partial charge on any atom is -0.481 e. The third kappa shape index (κ3) is 5.89. The summed E-state index contributed by atoms with van der Waals surface area (Å²) in [5.74, 6) is -4.17. The molecule has 1 amide bonds. The van der Waals surface area contributed by atoms with Gasteiger partial charge in [0.05, 0.1) is 18.9 Å². The quantitative estimate of drug-likeness (QED) is 0.523. The van der Waals surface area contributed by atoms with Crippen LogP contribution in [0.3, 0.4) is 0 Å². The molecule has 1 aliphatic heterocycles. The smallest absolute Gasteiger partial charge is 0.333 e. The number of hydrogen-bond donors (Lipinski definition) is 4. The van der Waals surface area contributed by atoms with Gasteiger partial charge in [-0.15, -0.1) is 0 Å². The van der Waals surface area contributed by atoms with Crippen molar-refractivity contribution in [3.05, 3.63) is 65.2 Å². The molecule has 164 valence electrons. The Balaban J connectivity index is 0.000000323. The average molecular weight is 429 g/mol. The van der Waals surface area contributed by atoms with Gasteiger partial charge in [-0.05, 0) is 35.7 Å². The lowest BCUT2D eigenvalue weighted by Crippen LogP contribution is -2.23. The van der Waals surface area contributed by atoms with Crippen LogP contribution in [0.25, 0.3) is 0 Å². The summed E-state index contributed by atoms with van der Waals surface area (Å²) in [5.41, 5.74) is 3.32. The number of carboxylic acids is 3. The van der Waals surface area contributed by atoms with Gasteiger partial charge in [0.15, 0.2) is 6.10 Å². The van der Waals surface area contributed by atoms with E-state index in [1.807, 2.05) is 43.3 Å². The van der Waals surface area contributed by atoms with Crippen LogP contribution in [0.5, 0.6) is 0 Å². The Hall–Kier alpha value is -3.72. The molecule has 1 heterocycles. The second-order valence-corrected chi connectivity index (χ2v) is 6.89. The standard InChI is InChI=1S/C18H17NO3.C4H6O5/c1-2-15(18(21)22)12-7-9-14(10-8-12)19-11-13-5-3-4-6-16(13)17(19)20;5-2(4(8)9)1-3(6)7/h3-10,15H,2,11H2,1H3,(H,21,22);2,5H,1H2,(H,6,7)(H,8,9)/t15-;/m0./s1. The second-order valence-electron chi connectivity index (χ2n) is 6.89. The summed E-state index contributed by atoms with van der Waals surface area (Å²) >= 11 is 0. The molecule has 3 rings (SSSR count). The average Bonchev–Trinajstić information content (AvgIpc) is 3.06. The first-order valence-corrected chi connectivity index (χ1v) is 9.50. The highest BCUT2D eigenvalue weighted by atomic mass is 16.4. The van der Waals surface area contributed by atoms with Gasteiger partial charge in [-0.25, -0.2) is 4.79 Å². The van der Waals surface area contributed by atoms with Gasteiger partial charge in [0.1, 0.15) is 0 Å². The highest BCUT2D eigenvalue weighted by Gasteiger charge is 2.28. The molecule has 0 radical (unpaired) electrons. The van der Waals surface area contributed by atoms with Crippen molar-refractivity contribution in [3.8, 4) is 0 Å². The Labute approximate surface area is 178 Å². The predicted octanol–water partition coefficient (Wildman–Crippen LogP) is 2.33. The van der Waals surface area contributed by atoms with Crippen LogP contribution in [0.2, 0.25) is 0 Å². The lowest BCUT2D eigenvalue weighted by atomic mass is 9.96. The number of fused-ring (bicyclic) bond motifs is 1. The molecule has 0 bridgehead atoms. The van der Waals surface area contributed by atoms with Crippen molar-refractivity contribution in [1.82, 2.24) is 0 Å². The number of amides is 1. The van der Waals surface area contributed by atoms with Crippen molar-refractivity contribution >= 4 is 29.5 Å². The van der Waals surface area contributed by atoms with Gasteiger partial charge in [-0.3, -0.25) is 14.4 Å². The van der Waals surface area contributed by atoms with E-state index in [1.165, 1.54) is 0 Å². The Morgan fingerprint density at radius 1 is 0.968 bits per heavy atom. The van der Waals surface area contributed by atoms with Crippen molar-refractivity contribution in [2.45, 2.75) is 38.3 Å². The van der Waals surface area contributed by atoms with E-state index in [1.54, 1.807) is 17.0 Å². The van der Waals surface area contributed by atoms with Crippen molar-refractivity contribution < 1.29 is 39.6 Å². The molecule has 1 aliphatic rings. The van der Waals surface area contributed by atoms with Crippen LogP contribution in [-0.2, 0) is 20.9 Å². The van der Waals surface area contributed by atoms with E-state index in [9.17, 15) is 24.3 Å². The second kappa shape index (κ2) is 10.4. The number of hydrogen-bond acceptors (Lipinski definition) is 5. The molecular weight excluding hydrogens is 406 g/mol. The molecule has 2 atom stereocenters. The molecule has 9 heteroatoms. The summed E-state index contributed by atoms with van der Waals surface area (Å²) in [6.45, 7) is 2.41. The summed E-state index contributed by atoms with van der Waals surface area (Å²) < 4.78 is 0. The molecule has 1 unspecified atom stereocenters. The van der Waals surface area contributed by atoms with Crippen LogP contribution in [0.4, 0.5) is 5.69 Å². The predicted molar refractivity (Wildman–Crippen MR) is 110 cm³/mol. The van der Waals surface area contributed by atoms with Crippen molar-refractivity contribution in [2.75, 3.05) is 4.90 Å². The third-order valence-corrected chi connectivity index (χ3v) is 4.79. The molecule has 0 spiro atoms. The van der Waals surface area contributed by atoms with E-state index in [0.29, 0.717) is 13.0 Å². The lowest BCUT2D eigenvalue weighted by Gasteiger charge is -2.17. The van der Waals surface area contributed by atoms with Gasteiger partial charge in [-0.1, -0.05) is 37.3 Å². The Morgan fingerprint density at radius 2 is 1.58 bits per heavy atom. The SMILES string of the molecule is CC[C@H](C(=O)O)c1ccc(N2Cc3ccccc3C2=O)cc1.O=C(O)CC(O)C(=O)O. The Bertz CT molecular complexity index is 970. The van der Waals surface area contributed by atoms with Gasteiger partial charge in [0.2, 0.25) is 0 Å². The number of nitrogens with zero attached hydrogens (tertiary/aromatic N) is 1. The molecule has 9 nitrogen and oxygen atoms in total. The number of benzene rings is 2. The first kappa shape index (κ1) is 23.6. The number of aliphatic carboxylic acids is 3. The molecular formula is C22H23NO8. The van der Waals surface area contributed by atoms with E-state index in [2.05, 4.69) is 0 Å². The monoisotopic (exact) mass is 429 g/mol. The topological polar surface area (TPSA) is 152 Å². The van der Waals surface area contributed by atoms with Gasteiger partial charge in [0.25, 0.3) is 5.91 Å². The maximum Gasteiger partial charge on any atom is 0.333 e. The molecule has 0 aromatic heterocycles. The number of aliphatic hydroxyl groups is 1. The largest absolute Gasteiger partial charge is 0.481 e. The maximum atomic E-state index is 12.4. The van der Waals surface area contributed by atoms with Crippen LogP contribution >= 0.6 is 0 Å². The Kier molecular flexibility index (Phi) is 7.87. The van der Waals surface area contributed by atoms with Crippen molar-refractivity contribution in [3.63, 3.8) is 0 Å². The molecule has 0 aliphatic carbocycles. The third-order valence-electron chi connectivity index (χ3n) is 4.79. The van der Waals surface area contributed by atoms with E-state index in [0.717, 1.165) is 22.4 Å². The maximum absolute atomic E-state index is 12.4. The number of anilines is 1. The summed E-state index contributed by atoms with van der Waals surface area (Å²) in [5, 5.41) is 33.3. The minimum atomic E-state index is -1.79. The van der Waals surface area contributed by atoms with Gasteiger partial charge in [-0.2, -0.15) is 0 Å². The van der Waals surface area contributed by atoms with E-state index >= 15 is 0 Å². The molecule has 0 fully saturated rings. The number of aliphatic hydroxyl groups excluding tert-OH is 1. The summed E-state index contributed by atoms with van der Waals surface area (Å²) in [6, 6.07) is 14.8. The molecule has 2 aromatic rings. The van der Waals surface area contributed by atoms with Crippen molar-refractivity contribution in [1.29, 1.82) is 0 Å². The zero-order valence-electron chi connectivity index (χ0n) is 16.8. The molecule has 2 aromatic carbocycles. The molecule has 31 heavy (non-hydrogen) atoms. The van der Waals surface area contributed by atoms with E-state index in [-0.39, 0.29) is 5.91 Å². The highest BCUT2D eigenvalue weighted by molar-refractivity contribution is 6.10. The van der Waals surface area contributed by atoms with Crippen LogP contribution < -0.4 is 4.90 Å². The van der Waals surface area contributed by atoms with Gasteiger partial charge in [0, 0.05) is 11.3 Å². The van der Waals surface area contributed by atoms with E-state index < -0.39 is 36.4 Å². The van der Waals surface area contributed by atoms with Crippen molar-refractivity contribution in [2.24, 2.45) is 0 Å². The van der Waals surface area contributed by atoms with Crippen LogP contribution in [0, 0.1) is 0 Å². The fraction of sp³-hybridized carbons (Fsp3) is 0.273. The first-order valence-electron chi connectivity index (χ1n) is 9.50. The van der Waals surface area contributed by atoms with Crippen LogP contribution in [-0.4, -0.2) is 50.3 Å². The number of carbonyl (C=O) groups excluding carboxylic acids is 1. The summed E-state index contributed by atoms with van der Waals surface area (Å²) in [7, 11) is 0. The summed E-state index contributed by atoms with van der Waals surface area (Å²) in [4.78, 5) is 44.8. The highest BCUT2D eigenvalue weighted by Crippen LogP contribution is 2.29. The van der Waals surface area contributed by atoms with Crippen LogP contribution in [0.1, 0.15) is 47.2 Å². The molecule has 0 saturated carbocycles. The zero-order valence-corrected chi connectivity index (χ0v) is 16.8. The zero-order chi connectivity index (χ0) is 23.1. The van der Waals surface area contributed by atoms with Gasteiger partial charge < -0.3 is 25.3 Å². The van der Waals surface area contributed by atoms with Crippen LogP contribution in [0.15, 0.2) is 48.5 Å².